The Kier molecular flexibility index (Phi) is 8.13. The van der Waals surface area contributed by atoms with Gasteiger partial charge in [-0.1, -0.05) is 54.6 Å². The Morgan fingerprint density at radius 1 is 0.806 bits per heavy atom. The van der Waals surface area contributed by atoms with Crippen LogP contribution in [0.3, 0.4) is 0 Å². The van der Waals surface area contributed by atoms with E-state index in [4.69, 9.17) is 0 Å². The number of benzene rings is 3. The fourth-order valence-electron chi connectivity index (χ4n) is 3.89. The minimum Gasteiger partial charge on any atom is -0.352 e. The second kappa shape index (κ2) is 11.8. The summed E-state index contributed by atoms with van der Waals surface area (Å²) >= 11 is 0. The largest absolute Gasteiger partial charge is 0.352 e. The molecule has 4 aromatic rings. The van der Waals surface area contributed by atoms with Gasteiger partial charge in [0.15, 0.2) is 0 Å². The van der Waals surface area contributed by atoms with Gasteiger partial charge < -0.3 is 10.6 Å². The van der Waals surface area contributed by atoms with Crippen LogP contribution in [0.25, 0.3) is 11.1 Å². The van der Waals surface area contributed by atoms with Crippen LogP contribution in [0.15, 0.2) is 85.2 Å². The lowest BCUT2D eigenvalue weighted by molar-refractivity contribution is -0.121. The minimum atomic E-state index is -0.344. The first-order valence-electron chi connectivity index (χ1n) is 11.7. The molecule has 36 heavy (non-hydrogen) atoms. The van der Waals surface area contributed by atoms with Crippen LogP contribution in [0.4, 0.5) is 4.39 Å². The van der Waals surface area contributed by atoms with E-state index in [2.05, 4.69) is 20.6 Å². The van der Waals surface area contributed by atoms with Gasteiger partial charge in [-0.25, -0.2) is 14.4 Å². The number of aromatic nitrogens is 2. The standard InChI is InChI=1S/C29H27FN4O2/c1-20-11-12-22(26(30)17-20)19-34-29(36)25-10-5-4-9-24(25)23-8-3-2-7-21(23)18-33-28(35)14-13-27-31-15-6-16-32-27/h2-12,15-17H,13-14,18-19H2,1H3,(H,33,35)(H,34,36). The Labute approximate surface area is 209 Å². The molecule has 0 unspecified atom stereocenters. The maximum Gasteiger partial charge on any atom is 0.252 e. The van der Waals surface area contributed by atoms with Crippen molar-refractivity contribution in [3.05, 3.63) is 119 Å². The Bertz CT molecular complexity index is 1360. The fourth-order valence-corrected chi connectivity index (χ4v) is 3.89. The molecule has 1 heterocycles. The lowest BCUT2D eigenvalue weighted by Gasteiger charge is -2.15. The van der Waals surface area contributed by atoms with Gasteiger partial charge in [-0.15, -0.1) is 0 Å². The second-order valence-electron chi connectivity index (χ2n) is 8.42. The molecule has 0 aliphatic carbocycles. The number of amides is 2. The molecule has 0 spiro atoms. The minimum absolute atomic E-state index is 0.0854. The van der Waals surface area contributed by atoms with Gasteiger partial charge >= 0.3 is 0 Å². The number of rotatable bonds is 9. The molecule has 0 aliphatic heterocycles. The van der Waals surface area contributed by atoms with Crippen molar-refractivity contribution in [3.8, 4) is 11.1 Å². The zero-order valence-electron chi connectivity index (χ0n) is 20.0. The monoisotopic (exact) mass is 482 g/mol. The molecule has 4 rings (SSSR count). The van der Waals surface area contributed by atoms with Crippen LogP contribution in [0, 0.1) is 12.7 Å². The number of carbonyl (C=O) groups is 2. The number of nitrogens with one attached hydrogen (secondary N) is 2. The zero-order valence-corrected chi connectivity index (χ0v) is 20.0. The van der Waals surface area contributed by atoms with Crippen molar-refractivity contribution < 1.29 is 14.0 Å². The van der Waals surface area contributed by atoms with Crippen LogP contribution in [-0.2, 0) is 24.3 Å². The molecule has 0 bridgehead atoms. The van der Waals surface area contributed by atoms with E-state index in [-0.39, 0.29) is 30.6 Å². The molecule has 7 heteroatoms. The van der Waals surface area contributed by atoms with Crippen molar-refractivity contribution in [2.45, 2.75) is 32.9 Å². The Morgan fingerprint density at radius 3 is 2.28 bits per heavy atom. The van der Waals surface area contributed by atoms with E-state index >= 15 is 0 Å². The van der Waals surface area contributed by atoms with E-state index in [9.17, 15) is 14.0 Å². The highest BCUT2D eigenvalue weighted by molar-refractivity contribution is 6.01. The molecule has 0 aliphatic rings. The summed E-state index contributed by atoms with van der Waals surface area (Å²) < 4.78 is 14.2. The van der Waals surface area contributed by atoms with Gasteiger partial charge in [-0.05, 0) is 47.4 Å². The fraction of sp³-hybridized carbons (Fsp3) is 0.172. The summed E-state index contributed by atoms with van der Waals surface area (Å²) in [5.74, 6) is -0.127. The molecule has 3 aromatic carbocycles. The second-order valence-corrected chi connectivity index (χ2v) is 8.42. The topological polar surface area (TPSA) is 84.0 Å². The maximum atomic E-state index is 14.2. The van der Waals surface area contributed by atoms with E-state index in [1.165, 1.54) is 6.07 Å². The van der Waals surface area contributed by atoms with E-state index in [1.807, 2.05) is 49.4 Å². The van der Waals surface area contributed by atoms with E-state index in [1.54, 1.807) is 36.7 Å². The molecular weight excluding hydrogens is 455 g/mol. The van der Waals surface area contributed by atoms with Crippen LogP contribution >= 0.6 is 0 Å². The van der Waals surface area contributed by atoms with Gasteiger partial charge in [0.05, 0.1) is 0 Å². The van der Waals surface area contributed by atoms with Gasteiger partial charge in [0.25, 0.3) is 5.91 Å². The van der Waals surface area contributed by atoms with Gasteiger partial charge in [0, 0.05) is 49.5 Å². The maximum absolute atomic E-state index is 14.2. The van der Waals surface area contributed by atoms with E-state index in [0.29, 0.717) is 29.9 Å². The Balaban J connectivity index is 1.45. The van der Waals surface area contributed by atoms with Crippen molar-refractivity contribution in [3.63, 3.8) is 0 Å². The number of nitrogens with zero attached hydrogens (tertiary/aromatic N) is 2. The number of halogens is 1. The van der Waals surface area contributed by atoms with Gasteiger partial charge in [0.2, 0.25) is 5.91 Å². The number of aryl methyl sites for hydroxylation is 2. The summed E-state index contributed by atoms with van der Waals surface area (Å²) in [6.45, 7) is 2.22. The molecule has 0 saturated carbocycles. The SMILES string of the molecule is Cc1ccc(CNC(=O)c2ccccc2-c2ccccc2CNC(=O)CCc2ncccn2)c(F)c1. The summed E-state index contributed by atoms with van der Waals surface area (Å²) in [7, 11) is 0. The normalized spacial score (nSPS) is 10.6. The van der Waals surface area contributed by atoms with Crippen molar-refractivity contribution in [2.75, 3.05) is 0 Å². The van der Waals surface area contributed by atoms with Crippen molar-refractivity contribution in [1.82, 2.24) is 20.6 Å². The summed E-state index contributed by atoms with van der Waals surface area (Å²) in [5.41, 5.74) is 4.19. The highest BCUT2D eigenvalue weighted by Gasteiger charge is 2.16. The summed E-state index contributed by atoms with van der Waals surface area (Å²) in [6.07, 6.45) is 4.04. The van der Waals surface area contributed by atoms with Crippen LogP contribution in [0.2, 0.25) is 0 Å². The molecule has 6 nitrogen and oxygen atoms in total. The van der Waals surface area contributed by atoms with Crippen molar-refractivity contribution in [2.24, 2.45) is 0 Å². The van der Waals surface area contributed by atoms with Crippen LogP contribution < -0.4 is 10.6 Å². The van der Waals surface area contributed by atoms with Gasteiger partial charge in [0.1, 0.15) is 11.6 Å². The molecule has 2 amide bonds. The predicted octanol–water partition coefficient (Wildman–Crippen LogP) is 4.77. The molecule has 0 radical (unpaired) electrons. The third kappa shape index (κ3) is 6.39. The van der Waals surface area contributed by atoms with Gasteiger partial charge in [-0.2, -0.15) is 0 Å². The molecule has 2 N–H and O–H groups in total. The molecule has 0 atom stereocenters. The van der Waals surface area contributed by atoms with Gasteiger partial charge in [-0.3, -0.25) is 9.59 Å². The summed E-state index contributed by atoms with van der Waals surface area (Å²) in [6, 6.07) is 21.6. The van der Waals surface area contributed by atoms with E-state index < -0.39 is 0 Å². The molecular formula is C29H27FN4O2. The quantitative estimate of drug-likeness (QED) is 0.360. The molecule has 0 saturated heterocycles. The van der Waals surface area contributed by atoms with Crippen LogP contribution in [0.5, 0.6) is 0 Å². The lowest BCUT2D eigenvalue weighted by atomic mass is 9.94. The Morgan fingerprint density at radius 2 is 1.50 bits per heavy atom. The summed E-state index contributed by atoms with van der Waals surface area (Å²) in [5, 5.41) is 5.78. The van der Waals surface area contributed by atoms with Crippen molar-refractivity contribution >= 4 is 11.8 Å². The first kappa shape index (κ1) is 24.7. The zero-order chi connectivity index (χ0) is 25.3. The molecule has 1 aromatic heterocycles. The molecule has 0 fully saturated rings. The first-order valence-corrected chi connectivity index (χ1v) is 11.7. The average Bonchev–Trinajstić information content (AvgIpc) is 2.91. The number of carbonyl (C=O) groups excluding carboxylic acids is 2. The van der Waals surface area contributed by atoms with Crippen LogP contribution in [-0.4, -0.2) is 21.8 Å². The first-order chi connectivity index (χ1) is 17.5. The lowest BCUT2D eigenvalue weighted by Crippen LogP contribution is -2.25. The highest BCUT2D eigenvalue weighted by atomic mass is 19.1. The third-order valence-corrected chi connectivity index (χ3v) is 5.80. The smallest absolute Gasteiger partial charge is 0.252 e. The number of hydrogen-bond donors (Lipinski definition) is 2. The molecule has 182 valence electrons. The third-order valence-electron chi connectivity index (χ3n) is 5.80. The van der Waals surface area contributed by atoms with Crippen LogP contribution in [0.1, 0.15) is 39.3 Å². The van der Waals surface area contributed by atoms with Crippen molar-refractivity contribution in [1.29, 1.82) is 0 Å². The Hall–Kier alpha value is -4.39. The highest BCUT2D eigenvalue weighted by Crippen LogP contribution is 2.27. The average molecular weight is 483 g/mol. The number of hydrogen-bond acceptors (Lipinski definition) is 4. The van der Waals surface area contributed by atoms with E-state index in [0.717, 1.165) is 22.3 Å². The predicted molar refractivity (Wildman–Crippen MR) is 136 cm³/mol. The summed E-state index contributed by atoms with van der Waals surface area (Å²) in [4.78, 5) is 33.8.